The Morgan fingerprint density at radius 2 is 2.17 bits per heavy atom. The molecule has 2 aromatic rings. The summed E-state index contributed by atoms with van der Waals surface area (Å²) in [6, 6.07) is 5.79. The minimum Gasteiger partial charge on any atom is -0.376 e. The number of aromatic nitrogens is 2. The molecule has 1 aromatic heterocycles. The predicted octanol–water partition coefficient (Wildman–Crippen LogP) is 2.60. The third kappa shape index (κ3) is 3.27. The second-order valence-corrected chi connectivity index (χ2v) is 5.79. The van der Waals surface area contributed by atoms with Gasteiger partial charge in [0.25, 0.3) is 5.56 Å². The number of hydrogen-bond donors (Lipinski definition) is 1. The fourth-order valence-electron chi connectivity index (χ4n) is 2.85. The first-order valence-corrected chi connectivity index (χ1v) is 7.77. The molecule has 0 saturated carbocycles. The third-order valence-corrected chi connectivity index (χ3v) is 4.07. The lowest BCUT2D eigenvalue weighted by Crippen LogP contribution is -2.20. The lowest BCUT2D eigenvalue weighted by Gasteiger charge is -2.05. The first-order valence-electron chi connectivity index (χ1n) is 7.77. The van der Waals surface area contributed by atoms with E-state index in [9.17, 15) is 9.18 Å². The zero-order chi connectivity index (χ0) is 16.4. The van der Waals surface area contributed by atoms with E-state index in [2.05, 4.69) is 10.1 Å². The van der Waals surface area contributed by atoms with Crippen LogP contribution in [0.3, 0.4) is 0 Å². The Morgan fingerprint density at radius 3 is 2.83 bits per heavy atom. The molecule has 0 spiro atoms. The largest absolute Gasteiger partial charge is 0.376 e. The van der Waals surface area contributed by atoms with Crippen LogP contribution >= 0.6 is 0 Å². The number of rotatable bonds is 4. The van der Waals surface area contributed by atoms with E-state index in [0.29, 0.717) is 23.5 Å². The minimum atomic E-state index is -0.334. The number of H-pyrrole nitrogens is 1. The van der Waals surface area contributed by atoms with E-state index in [1.165, 1.54) is 16.8 Å². The maximum Gasteiger partial charge on any atom is 0.280 e. The van der Waals surface area contributed by atoms with Crippen molar-refractivity contribution in [2.24, 2.45) is 4.99 Å². The van der Waals surface area contributed by atoms with Crippen molar-refractivity contribution in [2.75, 3.05) is 13.2 Å². The summed E-state index contributed by atoms with van der Waals surface area (Å²) in [6.45, 7) is 5.04. The normalized spacial score (nSPS) is 18.6. The molecule has 1 saturated heterocycles. The summed E-state index contributed by atoms with van der Waals surface area (Å²) in [7, 11) is 0. The van der Waals surface area contributed by atoms with Crippen LogP contribution in [0.15, 0.2) is 34.1 Å². The fourth-order valence-corrected chi connectivity index (χ4v) is 2.85. The van der Waals surface area contributed by atoms with Gasteiger partial charge in [0.15, 0.2) is 0 Å². The van der Waals surface area contributed by atoms with Gasteiger partial charge in [0.1, 0.15) is 5.82 Å². The smallest absolute Gasteiger partial charge is 0.280 e. The predicted molar refractivity (Wildman–Crippen MR) is 87.1 cm³/mol. The number of halogens is 1. The van der Waals surface area contributed by atoms with Crippen molar-refractivity contribution in [3.05, 3.63) is 51.7 Å². The maximum atomic E-state index is 13.0. The van der Waals surface area contributed by atoms with Crippen molar-refractivity contribution in [2.45, 2.75) is 32.8 Å². The lowest BCUT2D eigenvalue weighted by atomic mass is 10.1. The van der Waals surface area contributed by atoms with Crippen molar-refractivity contribution < 1.29 is 9.13 Å². The van der Waals surface area contributed by atoms with Crippen molar-refractivity contribution in [1.82, 2.24) is 9.78 Å². The standard InChI is InChI=1S/C17H20FN3O2/c1-11(19-10-15-4-3-9-23-15)16-12(2)20-21(17(16)22)14-7-5-13(18)6-8-14/h5-8,15,20H,3-4,9-10H2,1-2H3/t15-/m0/s1. The molecule has 1 atom stereocenters. The highest BCUT2D eigenvalue weighted by Gasteiger charge is 2.17. The van der Waals surface area contributed by atoms with Gasteiger partial charge in [0.05, 0.1) is 23.9 Å². The van der Waals surface area contributed by atoms with Crippen molar-refractivity contribution in [3.63, 3.8) is 0 Å². The van der Waals surface area contributed by atoms with Crippen LogP contribution in [-0.4, -0.2) is 34.7 Å². The molecule has 1 aliphatic rings. The van der Waals surface area contributed by atoms with Gasteiger partial charge in [-0.3, -0.25) is 14.9 Å². The van der Waals surface area contributed by atoms with E-state index >= 15 is 0 Å². The summed E-state index contributed by atoms with van der Waals surface area (Å²) < 4.78 is 20.0. The molecular formula is C17H20FN3O2. The van der Waals surface area contributed by atoms with Gasteiger partial charge in [-0.2, -0.15) is 0 Å². The first-order chi connectivity index (χ1) is 11.1. The molecule has 2 heterocycles. The average molecular weight is 317 g/mol. The van der Waals surface area contributed by atoms with Crippen LogP contribution in [0.1, 0.15) is 31.0 Å². The van der Waals surface area contributed by atoms with Crippen molar-refractivity contribution >= 4 is 5.71 Å². The summed E-state index contributed by atoms with van der Waals surface area (Å²) in [5.41, 5.74) is 2.42. The van der Waals surface area contributed by atoms with E-state index in [4.69, 9.17) is 4.74 Å². The van der Waals surface area contributed by atoms with Gasteiger partial charge in [0.2, 0.25) is 0 Å². The first kappa shape index (κ1) is 15.7. The van der Waals surface area contributed by atoms with Crippen LogP contribution in [0.5, 0.6) is 0 Å². The summed E-state index contributed by atoms with van der Waals surface area (Å²) in [5.74, 6) is -0.334. The zero-order valence-corrected chi connectivity index (χ0v) is 13.3. The van der Waals surface area contributed by atoms with E-state index in [0.717, 1.165) is 25.1 Å². The van der Waals surface area contributed by atoms with Crippen LogP contribution in [0.2, 0.25) is 0 Å². The molecule has 6 heteroatoms. The van der Waals surface area contributed by atoms with Crippen LogP contribution < -0.4 is 5.56 Å². The molecule has 122 valence electrons. The van der Waals surface area contributed by atoms with Gasteiger partial charge in [-0.25, -0.2) is 9.07 Å². The number of benzene rings is 1. The Hall–Kier alpha value is -2.21. The third-order valence-electron chi connectivity index (χ3n) is 4.07. The summed E-state index contributed by atoms with van der Waals surface area (Å²) in [5, 5.41) is 3.03. The molecule has 0 unspecified atom stereocenters. The molecule has 3 rings (SSSR count). The van der Waals surface area contributed by atoms with Gasteiger partial charge in [0, 0.05) is 18.0 Å². The average Bonchev–Trinajstić information content (AvgIpc) is 3.14. The Kier molecular flexibility index (Phi) is 4.43. The minimum absolute atomic E-state index is 0.156. The van der Waals surface area contributed by atoms with E-state index < -0.39 is 0 Å². The summed E-state index contributed by atoms with van der Waals surface area (Å²) >= 11 is 0. The van der Waals surface area contributed by atoms with Crippen molar-refractivity contribution in [1.29, 1.82) is 0 Å². The highest BCUT2D eigenvalue weighted by molar-refractivity contribution is 5.99. The Bertz CT molecular complexity index is 768. The number of ether oxygens (including phenoxy) is 1. The lowest BCUT2D eigenvalue weighted by molar-refractivity contribution is 0.118. The highest BCUT2D eigenvalue weighted by Crippen LogP contribution is 2.13. The van der Waals surface area contributed by atoms with Gasteiger partial charge in [-0.15, -0.1) is 0 Å². The second-order valence-electron chi connectivity index (χ2n) is 5.79. The number of hydrogen-bond acceptors (Lipinski definition) is 3. The molecule has 5 nitrogen and oxygen atoms in total. The highest BCUT2D eigenvalue weighted by atomic mass is 19.1. The van der Waals surface area contributed by atoms with Crippen LogP contribution in [0, 0.1) is 12.7 Å². The molecule has 1 aromatic carbocycles. The Morgan fingerprint density at radius 1 is 1.43 bits per heavy atom. The molecule has 0 aliphatic carbocycles. The van der Waals surface area contributed by atoms with Crippen LogP contribution in [0.4, 0.5) is 4.39 Å². The van der Waals surface area contributed by atoms with E-state index in [1.54, 1.807) is 12.1 Å². The quantitative estimate of drug-likeness (QED) is 0.881. The molecule has 0 amide bonds. The molecule has 23 heavy (non-hydrogen) atoms. The van der Waals surface area contributed by atoms with Crippen molar-refractivity contribution in [3.8, 4) is 5.69 Å². The molecule has 0 radical (unpaired) electrons. The maximum absolute atomic E-state index is 13.0. The SMILES string of the molecule is CC(=NC[C@@H]1CCCO1)c1c(C)[nH]n(-c2ccc(F)cc2)c1=O. The molecule has 1 fully saturated rings. The molecular weight excluding hydrogens is 297 g/mol. The Balaban J connectivity index is 1.89. The zero-order valence-electron chi connectivity index (χ0n) is 13.3. The number of aromatic amines is 1. The van der Waals surface area contributed by atoms with Gasteiger partial charge >= 0.3 is 0 Å². The van der Waals surface area contributed by atoms with Gasteiger partial charge < -0.3 is 4.74 Å². The van der Waals surface area contributed by atoms with Crippen LogP contribution in [-0.2, 0) is 4.74 Å². The van der Waals surface area contributed by atoms with E-state index in [1.807, 2.05) is 13.8 Å². The molecule has 1 aliphatic heterocycles. The number of aliphatic imine (C=N–C) groups is 1. The molecule has 0 bridgehead atoms. The summed E-state index contributed by atoms with van der Waals surface area (Å²) in [4.78, 5) is 17.2. The summed E-state index contributed by atoms with van der Waals surface area (Å²) in [6.07, 6.45) is 2.24. The topological polar surface area (TPSA) is 59.4 Å². The fraction of sp³-hybridized carbons (Fsp3) is 0.412. The number of nitrogens with one attached hydrogen (secondary N) is 1. The number of aryl methyl sites for hydroxylation is 1. The molecule has 1 N–H and O–H groups in total. The second kappa shape index (κ2) is 6.50. The monoisotopic (exact) mass is 317 g/mol. The Labute approximate surface area is 133 Å². The van der Waals surface area contributed by atoms with Gasteiger partial charge in [-0.05, 0) is 51.0 Å². The number of nitrogens with zero attached hydrogens (tertiary/aromatic N) is 2. The van der Waals surface area contributed by atoms with Gasteiger partial charge in [-0.1, -0.05) is 0 Å². The van der Waals surface area contributed by atoms with Crippen LogP contribution in [0.25, 0.3) is 5.69 Å². The van der Waals surface area contributed by atoms with E-state index in [-0.39, 0.29) is 17.5 Å².